The lowest BCUT2D eigenvalue weighted by molar-refractivity contribution is -0.161. The van der Waals surface area contributed by atoms with E-state index >= 15 is 0 Å². The van der Waals surface area contributed by atoms with E-state index in [1.54, 1.807) is 30.3 Å². The summed E-state index contributed by atoms with van der Waals surface area (Å²) < 4.78 is 40.5. The Balaban J connectivity index is 0.00000289. The summed E-state index contributed by atoms with van der Waals surface area (Å²) in [5.74, 6) is -1.05. The highest BCUT2D eigenvalue weighted by atomic mass is 35.5. The van der Waals surface area contributed by atoms with Crippen molar-refractivity contribution in [3.8, 4) is 0 Å². The van der Waals surface area contributed by atoms with Gasteiger partial charge in [-0.1, -0.05) is 30.3 Å². The van der Waals surface area contributed by atoms with E-state index in [4.69, 9.17) is 5.73 Å². The second-order valence-electron chi connectivity index (χ2n) is 3.52. The van der Waals surface area contributed by atoms with Crippen LogP contribution >= 0.6 is 12.4 Å². The van der Waals surface area contributed by atoms with Gasteiger partial charge in [-0.15, -0.1) is 12.4 Å². The number of ether oxygens (including phenoxy) is 1. The van der Waals surface area contributed by atoms with Gasteiger partial charge in [-0.2, -0.15) is 13.2 Å². The minimum absolute atomic E-state index is 0. The van der Waals surface area contributed by atoms with Crippen molar-refractivity contribution in [2.45, 2.75) is 25.2 Å². The molecule has 3 nitrogen and oxygen atoms in total. The second kappa shape index (κ2) is 7.23. The van der Waals surface area contributed by atoms with Gasteiger partial charge in [-0.3, -0.25) is 4.79 Å². The molecule has 0 aliphatic carbocycles. The Bertz CT molecular complexity index is 370. The third-order valence-electron chi connectivity index (χ3n) is 1.98. The van der Waals surface area contributed by atoms with Gasteiger partial charge in [0.1, 0.15) is 12.6 Å². The zero-order chi connectivity index (χ0) is 12.9. The highest BCUT2D eigenvalue weighted by molar-refractivity contribution is 5.85. The molecular weight excluding hydrogens is 271 g/mol. The number of halogens is 4. The van der Waals surface area contributed by atoms with Crippen LogP contribution in [0.15, 0.2) is 30.3 Å². The Labute approximate surface area is 109 Å². The average Bonchev–Trinajstić information content (AvgIpc) is 2.25. The summed E-state index contributed by atoms with van der Waals surface area (Å²) in [7, 11) is 0. The summed E-state index contributed by atoms with van der Waals surface area (Å²) in [6.07, 6.45) is -5.84. The molecule has 0 aliphatic rings. The smallest absolute Gasteiger partial charge is 0.391 e. The van der Waals surface area contributed by atoms with Crippen LogP contribution in [0.5, 0.6) is 0 Å². The number of alkyl halides is 3. The summed E-state index contributed by atoms with van der Waals surface area (Å²) >= 11 is 0. The van der Waals surface area contributed by atoms with Crippen molar-refractivity contribution in [1.82, 2.24) is 0 Å². The summed E-state index contributed by atoms with van der Waals surface area (Å²) in [4.78, 5) is 11.1. The number of carbonyl (C=O) groups excluding carboxylic acids is 1. The maximum absolute atomic E-state index is 11.9. The van der Waals surface area contributed by atoms with E-state index in [0.717, 1.165) is 0 Å². The fraction of sp³-hybridized carbons (Fsp3) is 0.364. The predicted octanol–water partition coefficient (Wildman–Crippen LogP) is 2.43. The summed E-state index contributed by atoms with van der Waals surface area (Å²) in [5.41, 5.74) is 5.77. The van der Waals surface area contributed by atoms with Crippen molar-refractivity contribution in [3.63, 3.8) is 0 Å². The van der Waals surface area contributed by atoms with Gasteiger partial charge in [-0.25, -0.2) is 0 Å². The van der Waals surface area contributed by atoms with E-state index in [9.17, 15) is 18.0 Å². The zero-order valence-electron chi connectivity index (χ0n) is 9.31. The van der Waals surface area contributed by atoms with E-state index in [1.807, 2.05) is 0 Å². The van der Waals surface area contributed by atoms with Gasteiger partial charge in [0.05, 0.1) is 6.42 Å². The molecule has 7 heteroatoms. The number of benzene rings is 1. The monoisotopic (exact) mass is 283 g/mol. The molecular formula is C11H13ClF3NO2. The van der Waals surface area contributed by atoms with Crippen LogP contribution in [0.2, 0.25) is 0 Å². The van der Waals surface area contributed by atoms with Crippen LogP contribution in [-0.4, -0.2) is 18.2 Å². The Morgan fingerprint density at radius 3 is 2.33 bits per heavy atom. The molecule has 0 amide bonds. The molecule has 0 saturated carbocycles. The molecule has 0 heterocycles. The summed E-state index contributed by atoms with van der Waals surface area (Å²) in [6.45, 7) is -0.0781. The van der Waals surface area contributed by atoms with Gasteiger partial charge in [0.25, 0.3) is 0 Å². The van der Waals surface area contributed by atoms with Crippen molar-refractivity contribution in [2.75, 3.05) is 0 Å². The van der Waals surface area contributed by atoms with Crippen LogP contribution in [-0.2, 0) is 16.1 Å². The lowest BCUT2D eigenvalue weighted by atomic mass is 10.2. The minimum atomic E-state index is -4.47. The van der Waals surface area contributed by atoms with Crippen LogP contribution in [0.3, 0.4) is 0 Å². The molecule has 1 atom stereocenters. The lowest BCUT2D eigenvalue weighted by Gasteiger charge is -2.13. The van der Waals surface area contributed by atoms with Gasteiger partial charge in [0, 0.05) is 0 Å². The quantitative estimate of drug-likeness (QED) is 0.864. The van der Waals surface area contributed by atoms with Gasteiger partial charge in [0.15, 0.2) is 0 Å². The van der Waals surface area contributed by atoms with E-state index in [-0.39, 0.29) is 19.0 Å². The Hall–Kier alpha value is -1.27. The zero-order valence-corrected chi connectivity index (χ0v) is 10.1. The topological polar surface area (TPSA) is 52.3 Å². The highest BCUT2D eigenvalue weighted by Crippen LogP contribution is 2.21. The van der Waals surface area contributed by atoms with E-state index in [0.29, 0.717) is 5.56 Å². The number of hydrogen-bond acceptors (Lipinski definition) is 3. The van der Waals surface area contributed by atoms with E-state index in [2.05, 4.69) is 4.74 Å². The third-order valence-corrected chi connectivity index (χ3v) is 1.98. The maximum Gasteiger partial charge on any atom is 0.391 e. The first-order valence-electron chi connectivity index (χ1n) is 4.91. The van der Waals surface area contributed by atoms with Gasteiger partial charge in [0.2, 0.25) is 0 Å². The molecule has 2 N–H and O–H groups in total. The molecule has 1 aromatic rings. The SMILES string of the molecule is Cl.NC(CC(F)(F)F)C(=O)OCc1ccccc1. The molecule has 1 unspecified atom stereocenters. The lowest BCUT2D eigenvalue weighted by Crippen LogP contribution is -2.36. The van der Waals surface area contributed by atoms with Gasteiger partial charge < -0.3 is 10.5 Å². The number of esters is 1. The normalized spacial score (nSPS) is 12.4. The number of rotatable bonds is 4. The Kier molecular flexibility index (Phi) is 6.72. The molecule has 1 aromatic carbocycles. The molecule has 0 saturated heterocycles. The predicted molar refractivity (Wildman–Crippen MR) is 62.1 cm³/mol. The molecule has 1 rings (SSSR count). The fourth-order valence-corrected chi connectivity index (χ4v) is 1.17. The number of carbonyl (C=O) groups is 1. The molecule has 0 radical (unpaired) electrons. The summed E-state index contributed by atoms with van der Waals surface area (Å²) in [6, 6.07) is 6.97. The first-order chi connectivity index (χ1) is 7.88. The summed E-state index contributed by atoms with van der Waals surface area (Å²) in [5, 5.41) is 0. The van der Waals surface area contributed by atoms with Gasteiger partial charge in [-0.05, 0) is 5.56 Å². The van der Waals surface area contributed by atoms with Crippen LogP contribution < -0.4 is 5.73 Å². The van der Waals surface area contributed by atoms with Crippen molar-refractivity contribution < 1.29 is 22.7 Å². The second-order valence-corrected chi connectivity index (χ2v) is 3.52. The molecule has 0 spiro atoms. The number of hydrogen-bond donors (Lipinski definition) is 1. The van der Waals surface area contributed by atoms with Crippen LogP contribution in [0.4, 0.5) is 13.2 Å². The Morgan fingerprint density at radius 1 is 1.28 bits per heavy atom. The third kappa shape index (κ3) is 6.46. The standard InChI is InChI=1S/C11H12F3NO2.ClH/c12-11(13,14)6-9(15)10(16)17-7-8-4-2-1-3-5-8;/h1-5,9H,6-7,15H2;1H. The maximum atomic E-state index is 11.9. The van der Waals surface area contributed by atoms with Gasteiger partial charge >= 0.3 is 12.1 Å². The highest BCUT2D eigenvalue weighted by Gasteiger charge is 2.34. The average molecular weight is 284 g/mol. The van der Waals surface area contributed by atoms with Crippen molar-refractivity contribution in [2.24, 2.45) is 5.73 Å². The van der Waals surface area contributed by atoms with Crippen molar-refractivity contribution in [3.05, 3.63) is 35.9 Å². The molecule has 0 fully saturated rings. The van der Waals surface area contributed by atoms with Crippen LogP contribution in [0.1, 0.15) is 12.0 Å². The Morgan fingerprint density at radius 2 is 1.83 bits per heavy atom. The number of nitrogens with two attached hydrogens (primary N) is 1. The largest absolute Gasteiger partial charge is 0.460 e. The molecule has 0 bridgehead atoms. The molecule has 0 aromatic heterocycles. The first kappa shape index (κ1) is 16.7. The van der Waals surface area contributed by atoms with Crippen LogP contribution in [0.25, 0.3) is 0 Å². The molecule has 18 heavy (non-hydrogen) atoms. The minimum Gasteiger partial charge on any atom is -0.460 e. The van der Waals surface area contributed by atoms with Crippen molar-refractivity contribution in [1.29, 1.82) is 0 Å². The van der Waals surface area contributed by atoms with E-state index in [1.165, 1.54) is 0 Å². The van der Waals surface area contributed by atoms with Crippen LogP contribution in [0, 0.1) is 0 Å². The fourth-order valence-electron chi connectivity index (χ4n) is 1.17. The first-order valence-corrected chi connectivity index (χ1v) is 4.91. The van der Waals surface area contributed by atoms with E-state index < -0.39 is 24.6 Å². The molecule has 102 valence electrons. The molecule has 0 aliphatic heterocycles. The van der Waals surface area contributed by atoms with Crippen molar-refractivity contribution >= 4 is 18.4 Å².